The van der Waals surface area contributed by atoms with Gasteiger partial charge in [-0.3, -0.25) is 9.36 Å². The third kappa shape index (κ3) is 2.99. The Hall–Kier alpha value is -1.83. The van der Waals surface area contributed by atoms with Crippen molar-refractivity contribution in [2.24, 2.45) is 7.05 Å². The molecule has 0 unspecified atom stereocenters. The Morgan fingerprint density at radius 1 is 1.39 bits per heavy atom. The molecule has 23 heavy (non-hydrogen) atoms. The van der Waals surface area contributed by atoms with E-state index in [4.69, 9.17) is 4.42 Å². The van der Waals surface area contributed by atoms with E-state index in [1.165, 1.54) is 4.68 Å². The molecule has 1 amide bonds. The molecule has 2 aromatic heterocycles. The number of nitrogens with zero attached hydrogens (tertiary/aromatic N) is 4. The molecule has 8 heteroatoms. The Morgan fingerprint density at radius 2 is 2.09 bits per heavy atom. The fraction of sp³-hybridized carbons (Fsp3) is 0.533. The predicted molar refractivity (Wildman–Crippen MR) is 87.4 cm³/mol. The number of rotatable bonds is 3. The van der Waals surface area contributed by atoms with Gasteiger partial charge in [0, 0.05) is 32.6 Å². The molecule has 1 aliphatic rings. The molecular formula is C15H19BrN4O3. The van der Waals surface area contributed by atoms with Crippen molar-refractivity contribution >= 4 is 21.8 Å². The molecule has 0 spiro atoms. The molecule has 1 saturated heterocycles. The second-order valence-corrected chi connectivity index (χ2v) is 6.46. The quantitative estimate of drug-likeness (QED) is 0.813. The minimum Gasteiger partial charge on any atom is -0.444 e. The highest BCUT2D eigenvalue weighted by molar-refractivity contribution is 9.10. The van der Waals surface area contributed by atoms with Crippen LogP contribution in [0.1, 0.15) is 42.1 Å². The minimum atomic E-state index is -0.0944. The van der Waals surface area contributed by atoms with Crippen molar-refractivity contribution < 1.29 is 9.21 Å². The monoisotopic (exact) mass is 382 g/mol. The van der Waals surface area contributed by atoms with Crippen molar-refractivity contribution in [3.05, 3.63) is 38.9 Å². The number of aromatic nitrogens is 3. The number of hydrogen-bond acceptors (Lipinski definition) is 4. The summed E-state index contributed by atoms with van der Waals surface area (Å²) in [5, 5.41) is 4.38. The minimum absolute atomic E-state index is 0.0820. The van der Waals surface area contributed by atoms with E-state index in [9.17, 15) is 9.59 Å². The first-order valence-corrected chi connectivity index (χ1v) is 8.49. The van der Waals surface area contributed by atoms with Gasteiger partial charge >= 0.3 is 5.69 Å². The number of aryl methyl sites for hydroxylation is 1. The maximum Gasteiger partial charge on any atom is 0.345 e. The van der Waals surface area contributed by atoms with E-state index in [1.807, 2.05) is 6.92 Å². The van der Waals surface area contributed by atoms with Gasteiger partial charge in [0.15, 0.2) is 10.4 Å². The lowest BCUT2D eigenvalue weighted by Crippen LogP contribution is -2.38. The third-order valence-corrected chi connectivity index (χ3v) is 4.71. The van der Waals surface area contributed by atoms with Crippen LogP contribution in [0.15, 0.2) is 26.0 Å². The first kappa shape index (κ1) is 16.0. The van der Waals surface area contributed by atoms with Crippen LogP contribution < -0.4 is 5.69 Å². The molecule has 0 atom stereocenters. The van der Waals surface area contributed by atoms with Crippen LogP contribution in [-0.4, -0.2) is 38.2 Å². The van der Waals surface area contributed by atoms with E-state index in [1.54, 1.807) is 28.6 Å². The summed E-state index contributed by atoms with van der Waals surface area (Å²) in [6.45, 7) is 3.83. The van der Waals surface area contributed by atoms with Crippen LogP contribution in [0, 0.1) is 0 Å². The molecule has 2 aromatic rings. The van der Waals surface area contributed by atoms with Gasteiger partial charge in [-0.1, -0.05) is 0 Å². The number of furan rings is 1. The van der Waals surface area contributed by atoms with Gasteiger partial charge in [0.2, 0.25) is 0 Å². The first-order valence-electron chi connectivity index (χ1n) is 7.69. The van der Waals surface area contributed by atoms with E-state index in [0.717, 1.165) is 18.7 Å². The Kier molecular flexibility index (Phi) is 4.43. The molecule has 0 N–H and O–H groups in total. The number of carbonyl (C=O) groups is 1. The van der Waals surface area contributed by atoms with Crippen LogP contribution >= 0.6 is 15.9 Å². The van der Waals surface area contributed by atoms with Crippen LogP contribution in [0.2, 0.25) is 0 Å². The SMILES string of the molecule is CCn1c(C2CCN(C(=O)c3ccc(Br)o3)CC2)nn(C)c1=O. The number of halogens is 1. The molecule has 3 heterocycles. The fourth-order valence-corrected chi connectivity index (χ4v) is 3.35. The molecule has 0 bridgehead atoms. The maximum absolute atomic E-state index is 12.4. The third-order valence-electron chi connectivity index (χ3n) is 4.28. The molecule has 7 nitrogen and oxygen atoms in total. The lowest BCUT2D eigenvalue weighted by Gasteiger charge is -2.31. The van der Waals surface area contributed by atoms with Gasteiger partial charge in [-0.05, 0) is 47.8 Å². The zero-order valence-electron chi connectivity index (χ0n) is 13.2. The van der Waals surface area contributed by atoms with Crippen molar-refractivity contribution in [1.29, 1.82) is 0 Å². The zero-order chi connectivity index (χ0) is 16.6. The molecule has 3 rings (SSSR count). The first-order chi connectivity index (χ1) is 11.0. The Bertz CT molecular complexity index is 768. The van der Waals surface area contributed by atoms with Crippen LogP contribution in [-0.2, 0) is 13.6 Å². The zero-order valence-corrected chi connectivity index (χ0v) is 14.7. The van der Waals surface area contributed by atoms with Crippen molar-refractivity contribution in [3.63, 3.8) is 0 Å². The number of carbonyl (C=O) groups excluding carboxylic acids is 1. The summed E-state index contributed by atoms with van der Waals surface area (Å²) >= 11 is 3.21. The number of likely N-dealkylation sites (tertiary alicyclic amines) is 1. The largest absolute Gasteiger partial charge is 0.444 e. The van der Waals surface area contributed by atoms with Gasteiger partial charge in [-0.2, -0.15) is 5.10 Å². The summed E-state index contributed by atoms with van der Waals surface area (Å²) in [6.07, 6.45) is 1.59. The van der Waals surface area contributed by atoms with Crippen molar-refractivity contribution in [1.82, 2.24) is 19.2 Å². The average molecular weight is 383 g/mol. The van der Waals surface area contributed by atoms with Gasteiger partial charge < -0.3 is 9.32 Å². The Morgan fingerprint density at radius 3 is 2.65 bits per heavy atom. The number of hydrogen-bond donors (Lipinski definition) is 0. The second-order valence-electron chi connectivity index (χ2n) is 5.68. The molecule has 0 aliphatic carbocycles. The molecule has 0 saturated carbocycles. The summed E-state index contributed by atoms with van der Waals surface area (Å²) < 4.78 is 8.98. The highest BCUT2D eigenvalue weighted by Gasteiger charge is 2.29. The van der Waals surface area contributed by atoms with E-state index in [0.29, 0.717) is 30.1 Å². The standard InChI is InChI=1S/C15H19BrN4O3/c1-3-20-13(17-18(2)15(20)22)10-6-8-19(9-7-10)14(21)11-4-5-12(16)23-11/h4-5,10H,3,6-9H2,1-2H3. The van der Waals surface area contributed by atoms with Gasteiger partial charge in [0.25, 0.3) is 5.91 Å². The number of amides is 1. The van der Waals surface area contributed by atoms with E-state index in [2.05, 4.69) is 21.0 Å². The van der Waals surface area contributed by atoms with Crippen molar-refractivity contribution in [2.75, 3.05) is 13.1 Å². The predicted octanol–water partition coefficient (Wildman–Crippen LogP) is 1.98. The molecule has 0 radical (unpaired) electrons. The molecule has 1 aliphatic heterocycles. The van der Waals surface area contributed by atoms with Gasteiger partial charge in [0.1, 0.15) is 5.82 Å². The van der Waals surface area contributed by atoms with Gasteiger partial charge in [-0.25, -0.2) is 9.48 Å². The maximum atomic E-state index is 12.4. The van der Waals surface area contributed by atoms with Crippen molar-refractivity contribution in [2.45, 2.75) is 32.2 Å². The van der Waals surface area contributed by atoms with E-state index in [-0.39, 0.29) is 17.5 Å². The van der Waals surface area contributed by atoms with Crippen molar-refractivity contribution in [3.8, 4) is 0 Å². The summed E-state index contributed by atoms with van der Waals surface area (Å²) in [7, 11) is 1.67. The Labute approximate surface area is 142 Å². The smallest absolute Gasteiger partial charge is 0.345 e. The Balaban J connectivity index is 1.70. The summed E-state index contributed by atoms with van der Waals surface area (Å²) in [5.41, 5.74) is -0.0820. The van der Waals surface area contributed by atoms with Crippen LogP contribution in [0.3, 0.4) is 0 Å². The molecular weight excluding hydrogens is 364 g/mol. The highest BCUT2D eigenvalue weighted by Crippen LogP contribution is 2.27. The summed E-state index contributed by atoms with van der Waals surface area (Å²) in [4.78, 5) is 26.2. The highest BCUT2D eigenvalue weighted by atomic mass is 79.9. The van der Waals surface area contributed by atoms with E-state index >= 15 is 0 Å². The summed E-state index contributed by atoms with van der Waals surface area (Å²) in [6, 6.07) is 3.39. The van der Waals surface area contributed by atoms with Gasteiger partial charge in [-0.15, -0.1) is 0 Å². The van der Waals surface area contributed by atoms with Crippen LogP contribution in [0.5, 0.6) is 0 Å². The summed E-state index contributed by atoms with van der Waals surface area (Å²) in [5.74, 6) is 1.28. The normalized spacial score (nSPS) is 16.0. The lowest BCUT2D eigenvalue weighted by molar-refractivity contribution is 0.0676. The topological polar surface area (TPSA) is 73.3 Å². The van der Waals surface area contributed by atoms with Crippen LogP contribution in [0.4, 0.5) is 0 Å². The average Bonchev–Trinajstić information content (AvgIpc) is 3.11. The molecule has 0 aromatic carbocycles. The van der Waals surface area contributed by atoms with E-state index < -0.39 is 0 Å². The van der Waals surface area contributed by atoms with Gasteiger partial charge in [0.05, 0.1) is 0 Å². The fourth-order valence-electron chi connectivity index (χ4n) is 3.05. The van der Waals surface area contributed by atoms with Crippen LogP contribution in [0.25, 0.3) is 0 Å². The molecule has 1 fully saturated rings. The molecule has 124 valence electrons. The lowest BCUT2D eigenvalue weighted by atomic mass is 9.95. The number of piperidine rings is 1. The second kappa shape index (κ2) is 6.35.